The molecular formula is C23H25ClN4O2. The van der Waals surface area contributed by atoms with Crippen molar-refractivity contribution in [3.8, 4) is 0 Å². The van der Waals surface area contributed by atoms with Gasteiger partial charge in [0.05, 0.1) is 19.4 Å². The minimum atomic E-state index is -0.229. The molecule has 1 aliphatic carbocycles. The van der Waals surface area contributed by atoms with Crippen LogP contribution in [0.2, 0.25) is 5.02 Å². The van der Waals surface area contributed by atoms with E-state index in [1.807, 2.05) is 31.2 Å². The molecule has 7 heteroatoms. The molecule has 0 bridgehead atoms. The summed E-state index contributed by atoms with van der Waals surface area (Å²) in [5.41, 5.74) is 11.2. The van der Waals surface area contributed by atoms with Gasteiger partial charge in [0, 0.05) is 29.9 Å². The molecule has 0 atom stereocenters. The van der Waals surface area contributed by atoms with Crippen LogP contribution in [-0.4, -0.2) is 42.1 Å². The van der Waals surface area contributed by atoms with Gasteiger partial charge in [0.25, 0.3) is 5.56 Å². The molecule has 0 radical (unpaired) electrons. The van der Waals surface area contributed by atoms with E-state index in [-0.39, 0.29) is 5.56 Å². The van der Waals surface area contributed by atoms with Crippen molar-refractivity contribution >= 4 is 29.7 Å². The number of hydrogen-bond acceptors (Lipinski definition) is 5. The molecule has 6 nitrogen and oxygen atoms in total. The number of hydrogen-bond donors (Lipinski definition) is 1. The highest BCUT2D eigenvalue weighted by Gasteiger charge is 2.25. The van der Waals surface area contributed by atoms with Crippen molar-refractivity contribution in [2.24, 2.45) is 5.10 Å². The third-order valence-corrected chi connectivity index (χ3v) is 5.57. The fraction of sp³-hybridized carbons (Fsp3) is 0.304. The number of nitrogen functional groups attached to an aromatic ring is 1. The number of benzene rings is 1. The van der Waals surface area contributed by atoms with Crippen molar-refractivity contribution < 1.29 is 4.74 Å². The molecule has 4 rings (SSSR count). The number of anilines is 1. The Bertz CT molecular complexity index is 1080. The molecule has 0 unspecified atom stereocenters. The van der Waals surface area contributed by atoms with Crippen LogP contribution in [0, 0.1) is 6.92 Å². The van der Waals surface area contributed by atoms with E-state index < -0.39 is 0 Å². The fourth-order valence-corrected chi connectivity index (χ4v) is 4.03. The van der Waals surface area contributed by atoms with Crippen molar-refractivity contribution in [1.82, 2.24) is 9.58 Å². The minimum Gasteiger partial charge on any atom is -0.384 e. The summed E-state index contributed by atoms with van der Waals surface area (Å²) in [6, 6.07) is 11.1. The number of rotatable bonds is 4. The van der Waals surface area contributed by atoms with Crippen LogP contribution >= 0.6 is 11.6 Å². The normalized spacial score (nSPS) is 18.7. The van der Waals surface area contributed by atoms with E-state index in [4.69, 9.17) is 22.1 Å². The van der Waals surface area contributed by atoms with Crippen LogP contribution < -0.4 is 11.3 Å². The number of nitrogens with two attached hydrogens (primary N) is 1. The van der Waals surface area contributed by atoms with Gasteiger partial charge in [-0.1, -0.05) is 23.7 Å². The van der Waals surface area contributed by atoms with Gasteiger partial charge < -0.3 is 15.4 Å². The zero-order valence-corrected chi connectivity index (χ0v) is 17.7. The second-order valence-corrected chi connectivity index (χ2v) is 7.98. The Hall–Kier alpha value is -2.83. The van der Waals surface area contributed by atoms with Gasteiger partial charge >= 0.3 is 0 Å². The van der Waals surface area contributed by atoms with Crippen LogP contribution in [0.3, 0.4) is 0 Å². The molecule has 2 aromatic rings. The Morgan fingerprint density at radius 1 is 1.13 bits per heavy atom. The quantitative estimate of drug-likeness (QED) is 0.759. The first kappa shape index (κ1) is 20.4. The summed E-state index contributed by atoms with van der Waals surface area (Å²) in [5, 5.41) is 5.14. The first-order valence-corrected chi connectivity index (χ1v) is 10.4. The fourth-order valence-electron chi connectivity index (χ4n) is 3.90. The number of aryl methyl sites for hydroxylation is 1. The van der Waals surface area contributed by atoms with Gasteiger partial charge in [-0.25, -0.2) is 0 Å². The van der Waals surface area contributed by atoms with Crippen molar-refractivity contribution in [2.75, 3.05) is 32.0 Å². The smallest absolute Gasteiger partial charge is 0.273 e. The van der Waals surface area contributed by atoms with Crippen molar-refractivity contribution in [2.45, 2.75) is 19.8 Å². The molecule has 2 aliphatic rings. The summed E-state index contributed by atoms with van der Waals surface area (Å²) >= 11 is 6.03. The molecule has 2 N–H and O–H groups in total. The molecule has 30 heavy (non-hydrogen) atoms. The zero-order chi connectivity index (χ0) is 21.1. The van der Waals surface area contributed by atoms with E-state index in [1.165, 1.54) is 22.0 Å². The van der Waals surface area contributed by atoms with E-state index in [9.17, 15) is 4.79 Å². The maximum atomic E-state index is 12.3. The number of nitrogens with zero attached hydrogens (tertiary/aromatic N) is 3. The second kappa shape index (κ2) is 8.90. The number of halogens is 1. The molecular weight excluding hydrogens is 400 g/mol. The highest BCUT2D eigenvalue weighted by molar-refractivity contribution is 6.30. The van der Waals surface area contributed by atoms with Crippen molar-refractivity contribution in [3.05, 3.63) is 79.7 Å². The summed E-state index contributed by atoms with van der Waals surface area (Å²) in [5.74, 6) is 0.333. The van der Waals surface area contributed by atoms with Gasteiger partial charge in [-0.15, -0.1) is 0 Å². The predicted molar refractivity (Wildman–Crippen MR) is 122 cm³/mol. The summed E-state index contributed by atoms with van der Waals surface area (Å²) in [4.78, 5) is 14.6. The molecule has 0 saturated carbocycles. The maximum Gasteiger partial charge on any atom is 0.273 e. The van der Waals surface area contributed by atoms with Crippen LogP contribution in [-0.2, 0) is 4.74 Å². The highest BCUT2D eigenvalue weighted by Crippen LogP contribution is 2.35. The van der Waals surface area contributed by atoms with E-state index >= 15 is 0 Å². The highest BCUT2D eigenvalue weighted by atomic mass is 35.5. The third kappa shape index (κ3) is 4.50. The van der Waals surface area contributed by atoms with Crippen LogP contribution in [0.5, 0.6) is 0 Å². The molecule has 156 valence electrons. The standard InChI is InChI=1S/C23H25ClN4O2/c1-16-12-21(25)28(22(29)13-16)26-15-19-5-4-18(14-17-2-6-20(24)7-3-17)23(19)27-8-10-30-11-9-27/h2-3,6-7,12-15H,4-5,8-11,25H2,1H3/b18-14?,26-15-. The van der Waals surface area contributed by atoms with E-state index in [1.54, 1.807) is 12.3 Å². The summed E-state index contributed by atoms with van der Waals surface area (Å²) in [6.07, 6.45) is 5.75. The summed E-state index contributed by atoms with van der Waals surface area (Å²) in [7, 11) is 0. The minimum absolute atomic E-state index is 0.229. The molecule has 0 spiro atoms. The summed E-state index contributed by atoms with van der Waals surface area (Å²) < 4.78 is 6.79. The number of ether oxygens (including phenoxy) is 1. The zero-order valence-electron chi connectivity index (χ0n) is 17.0. The van der Waals surface area contributed by atoms with Crippen LogP contribution in [0.1, 0.15) is 24.0 Å². The molecule has 0 amide bonds. The Morgan fingerprint density at radius 3 is 2.57 bits per heavy atom. The summed E-state index contributed by atoms with van der Waals surface area (Å²) in [6.45, 7) is 4.91. The number of aromatic nitrogens is 1. The maximum absolute atomic E-state index is 12.3. The molecule has 2 heterocycles. The van der Waals surface area contributed by atoms with E-state index in [0.29, 0.717) is 19.0 Å². The lowest BCUT2D eigenvalue weighted by atomic mass is 10.1. The monoisotopic (exact) mass is 424 g/mol. The van der Waals surface area contributed by atoms with Gasteiger partial charge in [0.15, 0.2) is 0 Å². The van der Waals surface area contributed by atoms with E-state index in [0.717, 1.165) is 47.7 Å². The lowest BCUT2D eigenvalue weighted by Gasteiger charge is -2.31. The number of allylic oxidation sites excluding steroid dienone is 2. The first-order valence-electron chi connectivity index (χ1n) is 10.1. The lowest BCUT2D eigenvalue weighted by molar-refractivity contribution is 0.0548. The molecule has 1 aliphatic heterocycles. The lowest BCUT2D eigenvalue weighted by Crippen LogP contribution is -2.36. The largest absolute Gasteiger partial charge is 0.384 e. The van der Waals surface area contributed by atoms with Crippen molar-refractivity contribution in [3.63, 3.8) is 0 Å². The Kier molecular flexibility index (Phi) is 6.06. The van der Waals surface area contributed by atoms with Crippen LogP contribution in [0.4, 0.5) is 5.82 Å². The predicted octanol–water partition coefficient (Wildman–Crippen LogP) is 3.69. The third-order valence-electron chi connectivity index (χ3n) is 5.32. The van der Waals surface area contributed by atoms with Crippen LogP contribution in [0.25, 0.3) is 6.08 Å². The number of morpholine rings is 1. The Morgan fingerprint density at radius 2 is 1.87 bits per heavy atom. The second-order valence-electron chi connectivity index (χ2n) is 7.55. The first-order chi connectivity index (χ1) is 14.5. The average Bonchev–Trinajstić information content (AvgIpc) is 3.12. The molecule has 1 aromatic carbocycles. The Labute approximate surface area is 180 Å². The van der Waals surface area contributed by atoms with E-state index in [2.05, 4.69) is 16.1 Å². The van der Waals surface area contributed by atoms with Crippen molar-refractivity contribution in [1.29, 1.82) is 0 Å². The number of pyridine rings is 1. The molecule has 1 saturated heterocycles. The molecule has 1 fully saturated rings. The average molecular weight is 425 g/mol. The SMILES string of the molecule is Cc1cc(N)n(/N=C\C2=C(N3CCOCC3)C(=Cc3ccc(Cl)cc3)CC2)c(=O)c1. The van der Waals surface area contributed by atoms with Gasteiger partial charge in [-0.2, -0.15) is 9.78 Å². The van der Waals surface area contributed by atoms with Crippen LogP contribution in [0.15, 0.2) is 63.1 Å². The topological polar surface area (TPSA) is 72.8 Å². The van der Waals surface area contributed by atoms with Gasteiger partial charge in [-0.05, 0) is 66.3 Å². The van der Waals surface area contributed by atoms with Gasteiger partial charge in [0.2, 0.25) is 0 Å². The molecule has 1 aromatic heterocycles. The Balaban J connectivity index is 1.72. The van der Waals surface area contributed by atoms with Gasteiger partial charge in [0.1, 0.15) is 5.82 Å². The van der Waals surface area contributed by atoms with Gasteiger partial charge in [-0.3, -0.25) is 4.79 Å².